The van der Waals surface area contributed by atoms with Crippen LogP contribution in [0.2, 0.25) is 5.15 Å². The van der Waals surface area contributed by atoms with Crippen molar-refractivity contribution in [2.45, 2.75) is 19.9 Å². The third-order valence-electron chi connectivity index (χ3n) is 2.26. The maximum atomic E-state index is 5.69. The number of rotatable bonds is 4. The lowest BCUT2D eigenvalue weighted by molar-refractivity contribution is 0.476. The first-order valence-electron chi connectivity index (χ1n) is 5.21. The molecule has 84 valence electrons. The Morgan fingerprint density at radius 2 is 2.06 bits per heavy atom. The van der Waals surface area contributed by atoms with Gasteiger partial charge in [-0.05, 0) is 24.3 Å². The fraction of sp³-hybridized carbons (Fsp3) is 0.250. The molecule has 1 N–H and O–H groups in total. The van der Waals surface area contributed by atoms with Gasteiger partial charge in [-0.2, -0.15) is 0 Å². The van der Waals surface area contributed by atoms with Gasteiger partial charge in [-0.3, -0.25) is 0 Å². The summed E-state index contributed by atoms with van der Waals surface area (Å²) in [5.41, 5.74) is 0.929. The summed E-state index contributed by atoms with van der Waals surface area (Å²) in [5, 5.41) is 3.71. The first kappa shape index (κ1) is 11.0. The van der Waals surface area contributed by atoms with Crippen molar-refractivity contribution in [3.8, 4) is 0 Å². The predicted molar refractivity (Wildman–Crippen MR) is 64.7 cm³/mol. The molecule has 2 aromatic rings. The minimum absolute atomic E-state index is 0.497. The highest BCUT2D eigenvalue weighted by Gasteiger charge is 2.00. The molecule has 2 heterocycles. The molecular formula is C12H13ClN2O. The Bertz CT molecular complexity index is 450. The number of aryl methyl sites for hydroxylation is 1. The molecule has 0 saturated heterocycles. The molecule has 0 aromatic carbocycles. The van der Waals surface area contributed by atoms with Crippen molar-refractivity contribution >= 4 is 17.3 Å². The van der Waals surface area contributed by atoms with Gasteiger partial charge in [0.25, 0.3) is 0 Å². The zero-order valence-electron chi connectivity index (χ0n) is 9.03. The van der Waals surface area contributed by atoms with Gasteiger partial charge in [-0.15, -0.1) is 0 Å². The van der Waals surface area contributed by atoms with E-state index in [1.807, 2.05) is 18.2 Å². The number of pyridine rings is 1. The van der Waals surface area contributed by atoms with Gasteiger partial charge in [0.1, 0.15) is 16.7 Å². The number of furan rings is 1. The Balaban J connectivity index is 1.94. The number of halogens is 1. The van der Waals surface area contributed by atoms with Crippen LogP contribution in [0, 0.1) is 0 Å². The fourth-order valence-electron chi connectivity index (χ4n) is 1.38. The van der Waals surface area contributed by atoms with E-state index in [-0.39, 0.29) is 0 Å². The van der Waals surface area contributed by atoms with Crippen LogP contribution in [-0.2, 0) is 13.0 Å². The summed E-state index contributed by atoms with van der Waals surface area (Å²) in [6.07, 6.45) is 2.62. The summed E-state index contributed by atoms with van der Waals surface area (Å²) in [5.74, 6) is 1.93. The van der Waals surface area contributed by atoms with Crippen LogP contribution in [0.15, 0.2) is 34.9 Å². The molecule has 0 fully saturated rings. The fourth-order valence-corrected chi connectivity index (χ4v) is 1.49. The Morgan fingerprint density at radius 3 is 2.69 bits per heavy atom. The normalized spacial score (nSPS) is 10.4. The second kappa shape index (κ2) is 5.03. The number of nitrogens with one attached hydrogen (secondary N) is 1. The van der Waals surface area contributed by atoms with E-state index in [9.17, 15) is 0 Å². The number of aromatic nitrogens is 1. The zero-order valence-corrected chi connectivity index (χ0v) is 9.79. The van der Waals surface area contributed by atoms with Crippen molar-refractivity contribution in [2.24, 2.45) is 0 Å². The van der Waals surface area contributed by atoms with E-state index in [4.69, 9.17) is 16.0 Å². The highest BCUT2D eigenvalue weighted by atomic mass is 35.5. The van der Waals surface area contributed by atoms with Crippen LogP contribution in [0.3, 0.4) is 0 Å². The summed E-state index contributed by atoms with van der Waals surface area (Å²) in [6.45, 7) is 2.72. The molecule has 0 aliphatic heterocycles. The van der Waals surface area contributed by atoms with E-state index in [0.717, 1.165) is 23.6 Å². The maximum absolute atomic E-state index is 5.69. The van der Waals surface area contributed by atoms with Gasteiger partial charge in [-0.25, -0.2) is 4.98 Å². The first-order valence-corrected chi connectivity index (χ1v) is 5.58. The molecule has 0 aliphatic rings. The Labute approximate surface area is 99.5 Å². The summed E-state index contributed by atoms with van der Waals surface area (Å²) in [7, 11) is 0. The lowest BCUT2D eigenvalue weighted by Gasteiger charge is -2.03. The van der Waals surface area contributed by atoms with Gasteiger partial charge >= 0.3 is 0 Å². The quantitative estimate of drug-likeness (QED) is 0.826. The standard InChI is InChI=1S/C12H13ClN2O/c1-2-10-4-5-11(16-10)8-14-9-3-6-12(13)15-7-9/h3-7,14H,2,8H2,1H3. The van der Waals surface area contributed by atoms with E-state index < -0.39 is 0 Å². The van der Waals surface area contributed by atoms with E-state index in [0.29, 0.717) is 11.7 Å². The van der Waals surface area contributed by atoms with Gasteiger partial charge in [-0.1, -0.05) is 18.5 Å². The monoisotopic (exact) mass is 236 g/mol. The molecule has 0 unspecified atom stereocenters. The molecule has 0 spiro atoms. The van der Waals surface area contributed by atoms with Gasteiger partial charge in [0.2, 0.25) is 0 Å². The van der Waals surface area contributed by atoms with Crippen LogP contribution < -0.4 is 5.32 Å². The SMILES string of the molecule is CCc1ccc(CNc2ccc(Cl)nc2)o1. The van der Waals surface area contributed by atoms with Crippen molar-refractivity contribution in [1.29, 1.82) is 0 Å². The van der Waals surface area contributed by atoms with E-state index in [2.05, 4.69) is 17.2 Å². The summed E-state index contributed by atoms with van der Waals surface area (Å²) < 4.78 is 5.57. The predicted octanol–water partition coefficient (Wildman–Crippen LogP) is 3.50. The number of hydrogen-bond donors (Lipinski definition) is 1. The molecule has 4 heteroatoms. The molecule has 0 amide bonds. The van der Waals surface area contributed by atoms with Gasteiger partial charge in [0, 0.05) is 6.42 Å². The van der Waals surface area contributed by atoms with Crippen LogP contribution in [0.4, 0.5) is 5.69 Å². The van der Waals surface area contributed by atoms with Crippen LogP contribution in [0.1, 0.15) is 18.4 Å². The maximum Gasteiger partial charge on any atom is 0.129 e. The largest absolute Gasteiger partial charge is 0.464 e. The number of anilines is 1. The average Bonchev–Trinajstić information content (AvgIpc) is 2.76. The molecule has 2 aromatic heterocycles. The minimum Gasteiger partial charge on any atom is -0.464 e. The summed E-state index contributed by atoms with van der Waals surface area (Å²) >= 11 is 5.69. The van der Waals surface area contributed by atoms with Crippen molar-refractivity contribution < 1.29 is 4.42 Å². The first-order chi connectivity index (χ1) is 7.78. The van der Waals surface area contributed by atoms with E-state index in [1.165, 1.54) is 0 Å². The highest BCUT2D eigenvalue weighted by molar-refractivity contribution is 6.29. The lowest BCUT2D eigenvalue weighted by atomic mass is 10.3. The van der Waals surface area contributed by atoms with Crippen LogP contribution in [0.5, 0.6) is 0 Å². The molecule has 2 rings (SSSR count). The Kier molecular flexibility index (Phi) is 3.47. The molecule has 0 aliphatic carbocycles. The highest BCUT2D eigenvalue weighted by Crippen LogP contribution is 2.13. The second-order valence-electron chi connectivity index (χ2n) is 3.44. The van der Waals surface area contributed by atoms with Crippen molar-refractivity contribution in [2.75, 3.05) is 5.32 Å². The van der Waals surface area contributed by atoms with E-state index in [1.54, 1.807) is 12.3 Å². The third kappa shape index (κ3) is 2.76. The summed E-state index contributed by atoms with van der Waals surface area (Å²) in [6, 6.07) is 7.62. The Hall–Kier alpha value is -1.48. The zero-order chi connectivity index (χ0) is 11.4. The lowest BCUT2D eigenvalue weighted by Crippen LogP contribution is -1.98. The summed E-state index contributed by atoms with van der Waals surface area (Å²) in [4.78, 5) is 3.99. The Morgan fingerprint density at radius 1 is 1.25 bits per heavy atom. The molecule has 0 saturated carbocycles. The average molecular weight is 237 g/mol. The molecule has 3 nitrogen and oxygen atoms in total. The van der Waals surface area contributed by atoms with Gasteiger partial charge in [0.05, 0.1) is 18.4 Å². The number of nitrogens with zero attached hydrogens (tertiary/aromatic N) is 1. The van der Waals surface area contributed by atoms with Crippen molar-refractivity contribution in [3.05, 3.63) is 47.1 Å². The topological polar surface area (TPSA) is 38.1 Å². The molecule has 0 radical (unpaired) electrons. The van der Waals surface area contributed by atoms with Crippen molar-refractivity contribution in [1.82, 2.24) is 4.98 Å². The molecule has 0 bridgehead atoms. The third-order valence-corrected chi connectivity index (χ3v) is 2.48. The van der Waals surface area contributed by atoms with Crippen LogP contribution in [-0.4, -0.2) is 4.98 Å². The smallest absolute Gasteiger partial charge is 0.129 e. The van der Waals surface area contributed by atoms with Gasteiger partial charge in [0.15, 0.2) is 0 Å². The molecule has 16 heavy (non-hydrogen) atoms. The van der Waals surface area contributed by atoms with Crippen LogP contribution >= 0.6 is 11.6 Å². The van der Waals surface area contributed by atoms with Crippen molar-refractivity contribution in [3.63, 3.8) is 0 Å². The van der Waals surface area contributed by atoms with E-state index >= 15 is 0 Å². The number of hydrogen-bond acceptors (Lipinski definition) is 3. The van der Waals surface area contributed by atoms with Gasteiger partial charge < -0.3 is 9.73 Å². The molecule has 0 atom stereocenters. The van der Waals surface area contributed by atoms with Crippen LogP contribution in [0.25, 0.3) is 0 Å². The minimum atomic E-state index is 0.497. The molecular weight excluding hydrogens is 224 g/mol. The second-order valence-corrected chi connectivity index (χ2v) is 3.83.